The molecule has 36 heavy (non-hydrogen) atoms. The molecule has 2 fully saturated rings. The van der Waals surface area contributed by atoms with Crippen molar-refractivity contribution in [1.82, 2.24) is 5.32 Å². The van der Waals surface area contributed by atoms with Gasteiger partial charge in [-0.3, -0.25) is 4.79 Å². The van der Waals surface area contributed by atoms with Crippen molar-refractivity contribution in [1.29, 1.82) is 0 Å². The number of piperidine rings is 1. The third kappa shape index (κ3) is 6.68. The molecule has 2 aromatic carbocycles. The molecule has 2 aliphatic rings. The number of nitrogens with zero attached hydrogens (tertiary/aromatic N) is 1. The zero-order valence-electron chi connectivity index (χ0n) is 21.3. The fraction of sp³-hybridized carbons (Fsp3) is 0.467. The van der Waals surface area contributed by atoms with Crippen LogP contribution in [0.5, 0.6) is 5.75 Å². The molecule has 0 unspecified atom stereocenters. The Morgan fingerprint density at radius 3 is 2.44 bits per heavy atom. The molecule has 0 spiro atoms. The highest BCUT2D eigenvalue weighted by Gasteiger charge is 2.20. The Balaban J connectivity index is 1.59. The number of anilines is 1. The van der Waals surface area contributed by atoms with Crippen molar-refractivity contribution >= 4 is 23.3 Å². The molecule has 1 saturated heterocycles. The highest BCUT2D eigenvalue weighted by molar-refractivity contribution is 5.92. The quantitative estimate of drug-likeness (QED) is 0.447. The van der Waals surface area contributed by atoms with E-state index in [1.807, 2.05) is 13.0 Å². The average Bonchev–Trinajstić information content (AvgIpc) is 2.89. The maximum atomic E-state index is 13.3. The van der Waals surface area contributed by atoms with Gasteiger partial charge in [-0.2, -0.15) is 0 Å². The molecule has 2 aromatic rings. The van der Waals surface area contributed by atoms with Gasteiger partial charge in [0.15, 0.2) is 0 Å². The van der Waals surface area contributed by atoms with Gasteiger partial charge in [0.25, 0.3) is 0 Å². The van der Waals surface area contributed by atoms with E-state index in [1.54, 1.807) is 12.1 Å². The number of carboxylic acids is 1. The van der Waals surface area contributed by atoms with Crippen LogP contribution in [0.1, 0.15) is 79.8 Å². The first-order valence-electron chi connectivity index (χ1n) is 13.4. The van der Waals surface area contributed by atoms with Crippen LogP contribution < -0.4 is 15.0 Å². The number of hydrogen-bond acceptors (Lipinski definition) is 4. The molecule has 2 N–H and O–H groups in total. The van der Waals surface area contributed by atoms with Crippen molar-refractivity contribution in [2.75, 3.05) is 24.6 Å². The fourth-order valence-corrected chi connectivity index (χ4v) is 5.36. The van der Waals surface area contributed by atoms with Crippen molar-refractivity contribution < 1.29 is 19.4 Å². The Morgan fingerprint density at radius 1 is 1.00 bits per heavy atom. The van der Waals surface area contributed by atoms with E-state index in [0.717, 1.165) is 42.8 Å². The molecule has 1 amide bonds. The average molecular weight is 491 g/mol. The van der Waals surface area contributed by atoms with E-state index in [-0.39, 0.29) is 17.9 Å². The van der Waals surface area contributed by atoms with E-state index in [9.17, 15) is 14.7 Å². The molecule has 6 nitrogen and oxygen atoms in total. The molecule has 1 heterocycles. The van der Waals surface area contributed by atoms with Gasteiger partial charge in [0.05, 0.1) is 13.0 Å². The number of carbonyl (C=O) groups is 2. The Hall–Kier alpha value is -3.28. The van der Waals surface area contributed by atoms with Gasteiger partial charge in [0.1, 0.15) is 11.3 Å². The maximum absolute atomic E-state index is 13.3. The standard InChI is InChI=1S/C30H38N2O4/c1-2-36-28-20-23(15-16-25(28)30(34)35)21-29(33)31-26(19-22-11-5-3-6-12-22)24-13-7-8-14-27(24)32-17-9-4-10-18-32/h7-8,13-16,19-20,22H,2-6,9-12,17-18,21H2,1H3,(H,31,33)(H,34,35). The smallest absolute Gasteiger partial charge is 0.339 e. The number of allylic oxidation sites excluding steroid dienone is 1. The number of amides is 1. The Bertz CT molecular complexity index is 1080. The first kappa shape index (κ1) is 25.8. The Morgan fingerprint density at radius 2 is 1.72 bits per heavy atom. The number of para-hydroxylation sites is 1. The Labute approximate surface area is 214 Å². The van der Waals surface area contributed by atoms with Gasteiger partial charge in [-0.25, -0.2) is 4.79 Å². The Kier molecular flexibility index (Phi) is 9.04. The van der Waals surface area contributed by atoms with Crippen molar-refractivity contribution in [3.63, 3.8) is 0 Å². The summed E-state index contributed by atoms with van der Waals surface area (Å²) in [7, 11) is 0. The summed E-state index contributed by atoms with van der Waals surface area (Å²) in [6, 6.07) is 13.3. The van der Waals surface area contributed by atoms with E-state index in [0.29, 0.717) is 18.3 Å². The fourth-order valence-electron chi connectivity index (χ4n) is 5.36. The monoisotopic (exact) mass is 490 g/mol. The number of ether oxygens (including phenoxy) is 1. The maximum Gasteiger partial charge on any atom is 0.339 e. The summed E-state index contributed by atoms with van der Waals surface area (Å²) in [5, 5.41) is 12.7. The predicted octanol–water partition coefficient (Wildman–Crippen LogP) is 6.05. The molecule has 0 atom stereocenters. The number of hydrogen-bond donors (Lipinski definition) is 2. The van der Waals surface area contributed by atoms with Crippen LogP contribution in [-0.4, -0.2) is 36.7 Å². The molecule has 1 aliphatic heterocycles. The lowest BCUT2D eigenvalue weighted by atomic mass is 9.87. The minimum absolute atomic E-state index is 0.106. The number of carboxylic acid groups (broad SMARTS) is 1. The van der Waals surface area contributed by atoms with Crippen molar-refractivity contribution in [2.45, 2.75) is 64.7 Å². The summed E-state index contributed by atoms with van der Waals surface area (Å²) in [4.78, 5) is 27.2. The van der Waals surface area contributed by atoms with Gasteiger partial charge >= 0.3 is 5.97 Å². The highest BCUT2D eigenvalue weighted by Crippen LogP contribution is 2.32. The molecule has 1 saturated carbocycles. The first-order chi connectivity index (χ1) is 17.5. The lowest BCUT2D eigenvalue weighted by molar-refractivity contribution is -0.119. The van der Waals surface area contributed by atoms with Crippen molar-refractivity contribution in [3.05, 3.63) is 65.2 Å². The molecule has 192 valence electrons. The number of nitrogens with one attached hydrogen (secondary N) is 1. The molecule has 6 heteroatoms. The van der Waals surface area contributed by atoms with E-state index in [4.69, 9.17) is 4.74 Å². The van der Waals surface area contributed by atoms with Gasteiger partial charge < -0.3 is 20.1 Å². The molecule has 0 aromatic heterocycles. The molecule has 0 bridgehead atoms. The van der Waals surface area contributed by atoms with E-state index in [1.165, 1.54) is 50.3 Å². The van der Waals surface area contributed by atoms with E-state index >= 15 is 0 Å². The summed E-state index contributed by atoms with van der Waals surface area (Å²) >= 11 is 0. The topological polar surface area (TPSA) is 78.9 Å². The molecule has 1 aliphatic carbocycles. The van der Waals surface area contributed by atoms with E-state index in [2.05, 4.69) is 34.5 Å². The number of benzene rings is 2. The van der Waals surface area contributed by atoms with Crippen LogP contribution in [0.4, 0.5) is 5.69 Å². The lowest BCUT2D eigenvalue weighted by Gasteiger charge is -2.31. The van der Waals surface area contributed by atoms with Crippen LogP contribution in [0.15, 0.2) is 48.5 Å². The lowest BCUT2D eigenvalue weighted by Crippen LogP contribution is -2.31. The second kappa shape index (κ2) is 12.6. The SMILES string of the molecule is CCOc1cc(CC(=O)NC(=CC2CCCCC2)c2ccccc2N2CCCCC2)ccc1C(=O)O. The van der Waals surface area contributed by atoms with Gasteiger partial charge in [0.2, 0.25) is 5.91 Å². The molecule has 4 rings (SSSR count). The summed E-state index contributed by atoms with van der Waals surface area (Å²) in [6.07, 6.45) is 12.1. The number of rotatable bonds is 9. The highest BCUT2D eigenvalue weighted by atomic mass is 16.5. The number of aromatic carboxylic acids is 1. The van der Waals surface area contributed by atoms with Crippen LogP contribution in [0, 0.1) is 5.92 Å². The van der Waals surface area contributed by atoms with E-state index < -0.39 is 5.97 Å². The van der Waals surface area contributed by atoms with Gasteiger partial charge in [-0.15, -0.1) is 0 Å². The summed E-state index contributed by atoms with van der Waals surface area (Å²) in [6.45, 7) is 4.25. The first-order valence-corrected chi connectivity index (χ1v) is 13.4. The second-order valence-corrected chi connectivity index (χ2v) is 9.84. The van der Waals surface area contributed by atoms with Crippen LogP contribution in [0.2, 0.25) is 0 Å². The third-order valence-corrected chi connectivity index (χ3v) is 7.16. The van der Waals surface area contributed by atoms with Crippen LogP contribution in [0.25, 0.3) is 5.70 Å². The van der Waals surface area contributed by atoms with Crippen LogP contribution in [-0.2, 0) is 11.2 Å². The third-order valence-electron chi connectivity index (χ3n) is 7.16. The zero-order valence-corrected chi connectivity index (χ0v) is 21.3. The zero-order chi connectivity index (χ0) is 25.3. The van der Waals surface area contributed by atoms with Gasteiger partial charge in [-0.05, 0) is 68.7 Å². The molecular weight excluding hydrogens is 452 g/mol. The summed E-state index contributed by atoms with van der Waals surface area (Å²) < 4.78 is 5.52. The van der Waals surface area contributed by atoms with Crippen LogP contribution in [0.3, 0.4) is 0 Å². The second-order valence-electron chi connectivity index (χ2n) is 9.84. The normalized spacial score (nSPS) is 17.0. The minimum atomic E-state index is -1.04. The van der Waals surface area contributed by atoms with Gasteiger partial charge in [-0.1, -0.05) is 49.6 Å². The largest absolute Gasteiger partial charge is 0.493 e. The predicted molar refractivity (Wildman–Crippen MR) is 143 cm³/mol. The summed E-state index contributed by atoms with van der Waals surface area (Å²) in [5.74, 6) is -0.399. The minimum Gasteiger partial charge on any atom is -0.493 e. The van der Waals surface area contributed by atoms with Crippen LogP contribution >= 0.6 is 0 Å². The molecular formula is C30H38N2O4. The number of carbonyl (C=O) groups excluding carboxylic acids is 1. The van der Waals surface area contributed by atoms with Crippen molar-refractivity contribution in [3.8, 4) is 5.75 Å². The van der Waals surface area contributed by atoms with Crippen molar-refractivity contribution in [2.24, 2.45) is 5.92 Å². The van der Waals surface area contributed by atoms with Gasteiger partial charge in [0, 0.05) is 30.0 Å². The summed E-state index contributed by atoms with van der Waals surface area (Å²) in [5.41, 5.74) is 3.98. The molecule has 0 radical (unpaired) electrons.